The molecule has 0 unspecified atom stereocenters. The van der Waals surface area contributed by atoms with E-state index < -0.39 is 0 Å². The lowest BCUT2D eigenvalue weighted by molar-refractivity contribution is 0.172. The molecule has 0 saturated heterocycles. The molecule has 3 rings (SSSR count). The fourth-order valence-electron chi connectivity index (χ4n) is 1.87. The quantitative estimate of drug-likeness (QED) is 0.871. The number of nitrogens with two attached hydrogens (primary N) is 1. The predicted octanol–water partition coefficient (Wildman–Crippen LogP) is 1.49. The smallest absolute Gasteiger partial charge is 0.195 e. The Hall–Kier alpha value is -1.75. The highest BCUT2D eigenvalue weighted by atomic mass is 16.6. The minimum Gasteiger partial charge on any atom is -0.486 e. The van der Waals surface area contributed by atoms with Crippen molar-refractivity contribution in [1.82, 2.24) is 4.98 Å². The number of fused-ring (bicyclic) bond motifs is 2. The summed E-state index contributed by atoms with van der Waals surface area (Å²) in [5.41, 5.74) is 7.00. The highest BCUT2D eigenvalue weighted by Gasteiger charge is 2.15. The molecule has 0 saturated carbocycles. The number of hydrogen-bond acceptors (Lipinski definition) is 5. The van der Waals surface area contributed by atoms with Gasteiger partial charge < -0.3 is 19.6 Å². The first-order valence-electron chi connectivity index (χ1n) is 5.76. The van der Waals surface area contributed by atoms with Crippen LogP contribution in [0.25, 0.3) is 11.1 Å². The van der Waals surface area contributed by atoms with Crippen LogP contribution < -0.4 is 15.2 Å². The van der Waals surface area contributed by atoms with Crippen LogP contribution in [-0.4, -0.2) is 24.7 Å². The van der Waals surface area contributed by atoms with Gasteiger partial charge in [0.2, 0.25) is 0 Å². The zero-order valence-electron chi connectivity index (χ0n) is 9.44. The van der Waals surface area contributed by atoms with E-state index in [0.717, 1.165) is 35.4 Å². The number of rotatable bonds is 3. The van der Waals surface area contributed by atoms with Gasteiger partial charge >= 0.3 is 0 Å². The molecule has 0 aliphatic carbocycles. The van der Waals surface area contributed by atoms with E-state index >= 15 is 0 Å². The van der Waals surface area contributed by atoms with E-state index in [2.05, 4.69) is 4.98 Å². The SMILES string of the molecule is NCCCc1nc2cc3c(cc2o1)OCCO3. The molecule has 90 valence electrons. The van der Waals surface area contributed by atoms with Crippen molar-refractivity contribution in [3.8, 4) is 11.5 Å². The molecule has 1 aromatic carbocycles. The van der Waals surface area contributed by atoms with Crippen molar-refractivity contribution in [1.29, 1.82) is 0 Å². The summed E-state index contributed by atoms with van der Waals surface area (Å²) in [4.78, 5) is 4.40. The molecule has 0 amide bonds. The Morgan fingerprint density at radius 1 is 1.18 bits per heavy atom. The molecular formula is C12H14N2O3. The molecular weight excluding hydrogens is 220 g/mol. The molecule has 5 heteroatoms. The van der Waals surface area contributed by atoms with Crippen molar-refractivity contribution in [3.05, 3.63) is 18.0 Å². The van der Waals surface area contributed by atoms with Crippen molar-refractivity contribution in [2.45, 2.75) is 12.8 Å². The predicted molar refractivity (Wildman–Crippen MR) is 62.4 cm³/mol. The first-order valence-corrected chi connectivity index (χ1v) is 5.76. The maximum absolute atomic E-state index is 5.63. The Bertz CT molecular complexity index is 493. The van der Waals surface area contributed by atoms with E-state index in [1.165, 1.54) is 0 Å². The number of oxazole rings is 1. The second-order valence-corrected chi connectivity index (χ2v) is 3.96. The van der Waals surface area contributed by atoms with Gasteiger partial charge in [0, 0.05) is 18.6 Å². The third kappa shape index (κ3) is 1.93. The van der Waals surface area contributed by atoms with Crippen LogP contribution in [0, 0.1) is 0 Å². The highest BCUT2D eigenvalue weighted by Crippen LogP contribution is 2.34. The molecule has 2 aromatic rings. The average Bonchev–Trinajstić information content (AvgIpc) is 2.75. The number of benzene rings is 1. The van der Waals surface area contributed by atoms with Gasteiger partial charge in [0.1, 0.15) is 18.7 Å². The standard InChI is InChI=1S/C12H14N2O3/c13-3-1-2-12-14-8-6-10-11(7-9(8)17-12)16-5-4-15-10/h6-7H,1-5,13H2. The van der Waals surface area contributed by atoms with Crippen LogP contribution in [0.15, 0.2) is 16.5 Å². The van der Waals surface area contributed by atoms with Crippen LogP contribution in [0.1, 0.15) is 12.3 Å². The van der Waals surface area contributed by atoms with Crippen LogP contribution >= 0.6 is 0 Å². The Balaban J connectivity index is 1.98. The number of aryl methyl sites for hydroxylation is 1. The van der Waals surface area contributed by atoms with E-state index in [1.807, 2.05) is 12.1 Å². The lowest BCUT2D eigenvalue weighted by Crippen LogP contribution is -2.15. The summed E-state index contributed by atoms with van der Waals surface area (Å²) in [5, 5.41) is 0. The van der Waals surface area contributed by atoms with Gasteiger partial charge in [-0.1, -0.05) is 0 Å². The molecule has 0 spiro atoms. The number of aromatic nitrogens is 1. The minimum absolute atomic E-state index is 0.576. The third-order valence-electron chi connectivity index (χ3n) is 2.69. The summed E-state index contributed by atoms with van der Waals surface area (Å²) in [6, 6.07) is 3.70. The lowest BCUT2D eigenvalue weighted by atomic mass is 10.2. The van der Waals surface area contributed by atoms with Gasteiger partial charge in [-0.25, -0.2) is 4.98 Å². The van der Waals surface area contributed by atoms with Crippen molar-refractivity contribution >= 4 is 11.1 Å². The number of hydrogen-bond donors (Lipinski definition) is 1. The summed E-state index contributed by atoms with van der Waals surface area (Å²) in [6.07, 6.45) is 1.64. The van der Waals surface area contributed by atoms with E-state index in [0.29, 0.717) is 25.6 Å². The van der Waals surface area contributed by atoms with Crippen LogP contribution in [0.3, 0.4) is 0 Å². The molecule has 17 heavy (non-hydrogen) atoms. The van der Waals surface area contributed by atoms with Crippen LogP contribution in [0.5, 0.6) is 11.5 Å². The normalized spacial score (nSPS) is 14.2. The van der Waals surface area contributed by atoms with Gasteiger partial charge in [-0.15, -0.1) is 0 Å². The monoisotopic (exact) mass is 234 g/mol. The van der Waals surface area contributed by atoms with Gasteiger partial charge in [0.25, 0.3) is 0 Å². The van der Waals surface area contributed by atoms with Gasteiger partial charge in [-0.2, -0.15) is 0 Å². The van der Waals surface area contributed by atoms with E-state index in [1.54, 1.807) is 0 Å². The molecule has 1 aliphatic heterocycles. The van der Waals surface area contributed by atoms with Gasteiger partial charge in [0.15, 0.2) is 23.0 Å². The largest absolute Gasteiger partial charge is 0.486 e. The maximum Gasteiger partial charge on any atom is 0.195 e. The summed E-state index contributed by atoms with van der Waals surface area (Å²) in [6.45, 7) is 1.80. The molecule has 1 aliphatic rings. The van der Waals surface area contributed by atoms with Crippen molar-refractivity contribution < 1.29 is 13.9 Å². The lowest BCUT2D eigenvalue weighted by Gasteiger charge is -2.17. The molecule has 0 atom stereocenters. The fourth-order valence-corrected chi connectivity index (χ4v) is 1.87. The molecule has 1 aromatic heterocycles. The summed E-state index contributed by atoms with van der Waals surface area (Å²) < 4.78 is 16.6. The first-order chi connectivity index (χ1) is 8.36. The first kappa shape index (κ1) is 10.4. The zero-order valence-corrected chi connectivity index (χ0v) is 9.44. The maximum atomic E-state index is 5.63. The van der Waals surface area contributed by atoms with E-state index in [4.69, 9.17) is 19.6 Å². The molecule has 2 heterocycles. The summed E-state index contributed by atoms with van der Waals surface area (Å²) >= 11 is 0. The zero-order chi connectivity index (χ0) is 11.7. The molecule has 0 bridgehead atoms. The molecule has 5 nitrogen and oxygen atoms in total. The van der Waals surface area contributed by atoms with Crippen LogP contribution in [0.4, 0.5) is 0 Å². The van der Waals surface area contributed by atoms with Crippen molar-refractivity contribution in [2.75, 3.05) is 19.8 Å². The summed E-state index contributed by atoms with van der Waals surface area (Å²) in [5.74, 6) is 2.18. The Kier molecular flexibility index (Phi) is 2.60. The Labute approximate surface area is 98.5 Å². The number of ether oxygens (including phenoxy) is 2. The second-order valence-electron chi connectivity index (χ2n) is 3.96. The Morgan fingerprint density at radius 2 is 1.94 bits per heavy atom. The molecule has 0 radical (unpaired) electrons. The third-order valence-corrected chi connectivity index (χ3v) is 2.69. The topological polar surface area (TPSA) is 70.5 Å². The molecule has 2 N–H and O–H groups in total. The second kappa shape index (κ2) is 4.25. The van der Waals surface area contributed by atoms with E-state index in [-0.39, 0.29) is 0 Å². The highest BCUT2D eigenvalue weighted by molar-refractivity contribution is 5.77. The number of nitrogens with zero attached hydrogens (tertiary/aromatic N) is 1. The van der Waals surface area contributed by atoms with Crippen LogP contribution in [-0.2, 0) is 6.42 Å². The van der Waals surface area contributed by atoms with Crippen molar-refractivity contribution in [2.24, 2.45) is 5.73 Å². The van der Waals surface area contributed by atoms with Gasteiger partial charge in [-0.3, -0.25) is 0 Å². The molecule has 0 fully saturated rings. The Morgan fingerprint density at radius 3 is 2.71 bits per heavy atom. The van der Waals surface area contributed by atoms with Crippen LogP contribution in [0.2, 0.25) is 0 Å². The van der Waals surface area contributed by atoms with Gasteiger partial charge in [-0.05, 0) is 13.0 Å². The minimum atomic E-state index is 0.576. The van der Waals surface area contributed by atoms with E-state index in [9.17, 15) is 0 Å². The average molecular weight is 234 g/mol. The summed E-state index contributed by atoms with van der Waals surface area (Å²) in [7, 11) is 0. The van der Waals surface area contributed by atoms with Crippen molar-refractivity contribution in [3.63, 3.8) is 0 Å². The van der Waals surface area contributed by atoms with Gasteiger partial charge in [0.05, 0.1) is 0 Å². The fraction of sp³-hybridized carbons (Fsp3) is 0.417.